The number of rotatable bonds is 1. The highest BCUT2D eigenvalue weighted by molar-refractivity contribution is 5.73. The minimum absolute atomic E-state index is 0.258. The minimum Gasteiger partial charge on any atom is -0.343 e. The Morgan fingerprint density at radius 2 is 1.72 bits per heavy atom. The highest BCUT2D eigenvalue weighted by atomic mass is 16.2. The highest BCUT2D eigenvalue weighted by Gasteiger charge is 2.42. The second-order valence-electron chi connectivity index (χ2n) is 6.25. The Morgan fingerprint density at radius 3 is 2.11 bits per heavy atom. The molecule has 18 heavy (non-hydrogen) atoms. The Morgan fingerprint density at radius 1 is 1.17 bits per heavy atom. The molecular formula is C16H31NO. The van der Waals surface area contributed by atoms with Crippen LogP contribution < -0.4 is 0 Å². The highest BCUT2D eigenvalue weighted by Crippen LogP contribution is 2.50. The van der Waals surface area contributed by atoms with Gasteiger partial charge in [-0.05, 0) is 49.4 Å². The van der Waals surface area contributed by atoms with Crippen LogP contribution in [0.1, 0.15) is 66.7 Å². The van der Waals surface area contributed by atoms with Crippen molar-refractivity contribution in [2.75, 3.05) is 13.1 Å². The second-order valence-corrected chi connectivity index (χ2v) is 6.25. The lowest BCUT2D eigenvalue weighted by molar-refractivity contribution is -0.131. The first-order valence-electron chi connectivity index (χ1n) is 7.78. The summed E-state index contributed by atoms with van der Waals surface area (Å²) in [6, 6.07) is 0. The van der Waals surface area contributed by atoms with Gasteiger partial charge in [0.15, 0.2) is 0 Å². The van der Waals surface area contributed by atoms with E-state index in [1.165, 1.54) is 32.1 Å². The van der Waals surface area contributed by atoms with E-state index >= 15 is 0 Å². The molecule has 2 fully saturated rings. The molecule has 0 radical (unpaired) electrons. The molecule has 0 aromatic rings. The molecule has 2 rings (SSSR count). The van der Waals surface area contributed by atoms with Gasteiger partial charge in [-0.15, -0.1) is 0 Å². The zero-order valence-corrected chi connectivity index (χ0v) is 13.0. The van der Waals surface area contributed by atoms with Gasteiger partial charge >= 0.3 is 0 Å². The van der Waals surface area contributed by atoms with Crippen molar-refractivity contribution in [3.8, 4) is 0 Å². The van der Waals surface area contributed by atoms with Crippen molar-refractivity contribution >= 4 is 5.91 Å². The molecule has 0 aromatic heterocycles. The monoisotopic (exact) mass is 253 g/mol. The van der Waals surface area contributed by atoms with E-state index in [9.17, 15) is 4.79 Å². The number of piperidine rings is 1. The topological polar surface area (TPSA) is 20.3 Å². The number of hydrogen-bond acceptors (Lipinski definition) is 1. The third-order valence-corrected chi connectivity index (χ3v) is 4.95. The number of amides is 1. The summed E-state index contributed by atoms with van der Waals surface area (Å²) in [5.41, 5.74) is 0.598. The first-order valence-corrected chi connectivity index (χ1v) is 7.78. The van der Waals surface area contributed by atoms with Crippen LogP contribution in [0.15, 0.2) is 0 Å². The first kappa shape index (κ1) is 15.5. The van der Waals surface area contributed by atoms with Crippen molar-refractivity contribution in [1.82, 2.24) is 4.90 Å². The summed E-state index contributed by atoms with van der Waals surface area (Å²) in [4.78, 5) is 13.3. The van der Waals surface area contributed by atoms with Crippen LogP contribution in [0.5, 0.6) is 0 Å². The molecule has 2 nitrogen and oxygen atoms in total. The molecule has 106 valence electrons. The van der Waals surface area contributed by atoms with E-state index in [2.05, 4.69) is 13.8 Å². The van der Waals surface area contributed by atoms with Gasteiger partial charge in [0.05, 0.1) is 0 Å². The maximum Gasteiger partial charge on any atom is 0.219 e. The van der Waals surface area contributed by atoms with Crippen molar-refractivity contribution in [2.45, 2.75) is 66.7 Å². The first-order chi connectivity index (χ1) is 8.52. The molecule has 1 saturated heterocycles. The summed E-state index contributed by atoms with van der Waals surface area (Å²) in [5.74, 6) is 2.03. The third-order valence-electron chi connectivity index (χ3n) is 4.95. The lowest BCUT2D eigenvalue weighted by Crippen LogP contribution is -2.41. The summed E-state index contributed by atoms with van der Waals surface area (Å²) in [6.07, 6.45) is 6.72. The lowest BCUT2D eigenvalue weighted by atomic mass is 9.75. The summed E-state index contributed by atoms with van der Waals surface area (Å²) in [5, 5.41) is 0. The predicted octanol–water partition coefficient (Wildman–Crippen LogP) is 4.10. The van der Waals surface area contributed by atoms with Gasteiger partial charge in [0.2, 0.25) is 5.91 Å². The minimum atomic E-state index is 0.258. The van der Waals surface area contributed by atoms with Gasteiger partial charge in [0.25, 0.3) is 0 Å². The Kier molecular flexibility index (Phi) is 5.68. The summed E-state index contributed by atoms with van der Waals surface area (Å²) in [7, 11) is 0. The molecule has 1 atom stereocenters. The van der Waals surface area contributed by atoms with Crippen LogP contribution in [0, 0.1) is 17.3 Å². The maximum absolute atomic E-state index is 11.3. The van der Waals surface area contributed by atoms with E-state index in [4.69, 9.17) is 0 Å². The van der Waals surface area contributed by atoms with Crippen molar-refractivity contribution in [1.29, 1.82) is 0 Å². The second kappa shape index (κ2) is 6.58. The predicted molar refractivity (Wildman–Crippen MR) is 77.4 cm³/mol. The van der Waals surface area contributed by atoms with E-state index in [0.717, 1.165) is 24.9 Å². The third kappa shape index (κ3) is 3.49. The average Bonchev–Trinajstić information content (AvgIpc) is 2.77. The standard InChI is InChI=1S/C14H25NO.C2H6/c1-11(2)13-4-5-14(10-13)6-8-15(9-7-14)12(3)16;1-2/h11,13H,4-10H2,1-3H3;1-2H3. The lowest BCUT2D eigenvalue weighted by Gasteiger charge is -2.39. The van der Waals surface area contributed by atoms with Crippen LogP contribution >= 0.6 is 0 Å². The molecule has 2 heteroatoms. The van der Waals surface area contributed by atoms with Crippen molar-refractivity contribution in [2.24, 2.45) is 17.3 Å². The SMILES string of the molecule is CC.CC(=O)N1CCC2(CCC(C(C)C)C2)CC1. The van der Waals surface area contributed by atoms with E-state index in [-0.39, 0.29) is 5.91 Å². The molecule has 0 N–H and O–H groups in total. The van der Waals surface area contributed by atoms with Crippen LogP contribution in [0.25, 0.3) is 0 Å². The quantitative estimate of drug-likeness (QED) is 0.689. The van der Waals surface area contributed by atoms with Gasteiger partial charge in [0, 0.05) is 20.0 Å². The molecule has 1 aliphatic carbocycles. The molecule has 1 amide bonds. The van der Waals surface area contributed by atoms with Crippen molar-refractivity contribution in [3.05, 3.63) is 0 Å². The molecule has 1 spiro atoms. The van der Waals surface area contributed by atoms with Crippen LogP contribution in [-0.4, -0.2) is 23.9 Å². The molecule has 0 bridgehead atoms. The van der Waals surface area contributed by atoms with E-state index in [0.29, 0.717) is 5.41 Å². The Labute approximate surface area is 113 Å². The van der Waals surface area contributed by atoms with Crippen LogP contribution in [-0.2, 0) is 4.79 Å². The van der Waals surface area contributed by atoms with Gasteiger partial charge in [0.1, 0.15) is 0 Å². The fourth-order valence-corrected chi connectivity index (χ4v) is 3.57. The molecule has 2 aliphatic rings. The Bertz CT molecular complexity index is 264. The number of nitrogens with zero attached hydrogens (tertiary/aromatic N) is 1. The molecule has 0 aromatic carbocycles. The summed E-state index contributed by atoms with van der Waals surface area (Å²) in [6.45, 7) is 12.4. The van der Waals surface area contributed by atoms with Gasteiger partial charge < -0.3 is 4.90 Å². The molecule has 1 heterocycles. The largest absolute Gasteiger partial charge is 0.343 e. The number of likely N-dealkylation sites (tertiary alicyclic amines) is 1. The molecule has 1 unspecified atom stereocenters. The average molecular weight is 253 g/mol. The van der Waals surface area contributed by atoms with Gasteiger partial charge in [-0.25, -0.2) is 0 Å². The molecular weight excluding hydrogens is 222 g/mol. The maximum atomic E-state index is 11.3. The van der Waals surface area contributed by atoms with Crippen molar-refractivity contribution in [3.63, 3.8) is 0 Å². The molecule has 1 aliphatic heterocycles. The number of hydrogen-bond donors (Lipinski definition) is 0. The van der Waals surface area contributed by atoms with Gasteiger partial charge in [-0.3, -0.25) is 4.79 Å². The fraction of sp³-hybridized carbons (Fsp3) is 0.938. The van der Waals surface area contributed by atoms with Crippen molar-refractivity contribution < 1.29 is 4.79 Å². The van der Waals surface area contributed by atoms with Gasteiger partial charge in [-0.1, -0.05) is 27.7 Å². The van der Waals surface area contributed by atoms with E-state index in [1.54, 1.807) is 6.92 Å². The summed E-state index contributed by atoms with van der Waals surface area (Å²) >= 11 is 0. The normalized spacial score (nSPS) is 26.1. The Hall–Kier alpha value is -0.530. The zero-order chi connectivity index (χ0) is 13.8. The summed E-state index contributed by atoms with van der Waals surface area (Å²) < 4.78 is 0. The number of carbonyl (C=O) groups is 1. The van der Waals surface area contributed by atoms with E-state index < -0.39 is 0 Å². The fourth-order valence-electron chi connectivity index (χ4n) is 3.57. The van der Waals surface area contributed by atoms with Crippen LogP contribution in [0.4, 0.5) is 0 Å². The molecule has 1 saturated carbocycles. The smallest absolute Gasteiger partial charge is 0.219 e. The van der Waals surface area contributed by atoms with Crippen LogP contribution in [0.3, 0.4) is 0 Å². The van der Waals surface area contributed by atoms with E-state index in [1.807, 2.05) is 18.7 Å². The van der Waals surface area contributed by atoms with Crippen LogP contribution in [0.2, 0.25) is 0 Å². The number of carbonyl (C=O) groups excluding carboxylic acids is 1. The van der Waals surface area contributed by atoms with Gasteiger partial charge in [-0.2, -0.15) is 0 Å². The zero-order valence-electron chi connectivity index (χ0n) is 13.0. The Balaban J connectivity index is 0.000000771.